The third kappa shape index (κ3) is 4.58. The summed E-state index contributed by atoms with van der Waals surface area (Å²) >= 11 is 5.94. The summed E-state index contributed by atoms with van der Waals surface area (Å²) in [5.41, 5.74) is 2.52. The monoisotopic (exact) mass is 275 g/mol. The smallest absolute Gasteiger partial charge is 0.118 e. The van der Waals surface area contributed by atoms with Crippen molar-refractivity contribution in [3.63, 3.8) is 0 Å². The number of hydrogen-bond acceptors (Lipinski definition) is 2. The number of benzene rings is 2. The van der Waals surface area contributed by atoms with Gasteiger partial charge in [-0.1, -0.05) is 35.9 Å². The molecule has 0 amide bonds. The highest BCUT2D eigenvalue weighted by atomic mass is 35.5. The Labute approximate surface area is 119 Å². The molecule has 0 aromatic heterocycles. The molecule has 2 nitrogen and oxygen atoms in total. The average molecular weight is 276 g/mol. The maximum atomic E-state index is 5.94. The minimum absolute atomic E-state index is 0.787. The van der Waals surface area contributed by atoms with E-state index >= 15 is 0 Å². The van der Waals surface area contributed by atoms with Gasteiger partial charge in [0, 0.05) is 11.6 Å². The minimum atomic E-state index is 0.787. The second-order valence-corrected chi connectivity index (χ2v) is 4.84. The normalized spacial score (nSPS) is 10.4. The number of methoxy groups -OCH3 is 1. The van der Waals surface area contributed by atoms with Crippen molar-refractivity contribution in [1.29, 1.82) is 0 Å². The third-order valence-corrected chi connectivity index (χ3v) is 3.20. The molecule has 0 aliphatic carbocycles. The van der Waals surface area contributed by atoms with Crippen LogP contribution >= 0.6 is 11.6 Å². The number of halogens is 1. The highest BCUT2D eigenvalue weighted by molar-refractivity contribution is 6.30. The first-order valence-corrected chi connectivity index (χ1v) is 6.74. The molecule has 2 aromatic carbocycles. The van der Waals surface area contributed by atoms with Gasteiger partial charge in [0.1, 0.15) is 5.75 Å². The summed E-state index contributed by atoms with van der Waals surface area (Å²) in [5, 5.41) is 4.20. The number of nitrogens with one attached hydrogen (secondary N) is 1. The highest BCUT2D eigenvalue weighted by Crippen LogP contribution is 2.12. The van der Waals surface area contributed by atoms with Crippen molar-refractivity contribution in [1.82, 2.24) is 5.32 Å². The van der Waals surface area contributed by atoms with Crippen LogP contribution in [0.1, 0.15) is 11.1 Å². The molecular weight excluding hydrogens is 258 g/mol. The molecule has 0 atom stereocenters. The van der Waals surface area contributed by atoms with Gasteiger partial charge in [0.05, 0.1) is 7.11 Å². The largest absolute Gasteiger partial charge is 0.497 e. The Bertz CT molecular complexity index is 510. The molecule has 2 rings (SSSR count). The van der Waals surface area contributed by atoms with Crippen molar-refractivity contribution in [2.45, 2.75) is 13.0 Å². The molecule has 100 valence electrons. The lowest BCUT2D eigenvalue weighted by Crippen LogP contribution is -2.16. The van der Waals surface area contributed by atoms with E-state index in [-0.39, 0.29) is 0 Å². The molecular formula is C16H18ClNO. The molecule has 0 radical (unpaired) electrons. The Morgan fingerprint density at radius 3 is 2.53 bits per heavy atom. The Balaban J connectivity index is 1.74. The van der Waals surface area contributed by atoms with E-state index < -0.39 is 0 Å². The van der Waals surface area contributed by atoms with E-state index in [1.807, 2.05) is 30.3 Å². The zero-order valence-corrected chi connectivity index (χ0v) is 11.8. The van der Waals surface area contributed by atoms with Gasteiger partial charge in [0.25, 0.3) is 0 Å². The molecule has 0 aliphatic heterocycles. The van der Waals surface area contributed by atoms with Crippen molar-refractivity contribution >= 4 is 11.6 Å². The predicted molar refractivity (Wildman–Crippen MR) is 79.9 cm³/mol. The lowest BCUT2D eigenvalue weighted by Gasteiger charge is -2.06. The van der Waals surface area contributed by atoms with Gasteiger partial charge in [-0.2, -0.15) is 0 Å². The summed E-state index contributed by atoms with van der Waals surface area (Å²) in [4.78, 5) is 0. The van der Waals surface area contributed by atoms with Crippen LogP contribution in [0.15, 0.2) is 48.5 Å². The van der Waals surface area contributed by atoms with Gasteiger partial charge in [0.2, 0.25) is 0 Å². The molecule has 0 fully saturated rings. The summed E-state index contributed by atoms with van der Waals surface area (Å²) in [5.74, 6) is 0.899. The van der Waals surface area contributed by atoms with Gasteiger partial charge in [0.15, 0.2) is 0 Å². The van der Waals surface area contributed by atoms with E-state index in [0.717, 1.165) is 30.3 Å². The SMILES string of the molecule is COc1ccc(CCNCc2cccc(Cl)c2)cc1. The van der Waals surface area contributed by atoms with Gasteiger partial charge in [-0.05, 0) is 48.4 Å². The Morgan fingerprint density at radius 1 is 1.05 bits per heavy atom. The second kappa shape index (κ2) is 7.17. The van der Waals surface area contributed by atoms with Crippen LogP contribution in [0, 0.1) is 0 Å². The van der Waals surface area contributed by atoms with Gasteiger partial charge >= 0.3 is 0 Å². The van der Waals surface area contributed by atoms with Crippen LogP contribution in [-0.2, 0) is 13.0 Å². The van der Waals surface area contributed by atoms with E-state index in [1.165, 1.54) is 11.1 Å². The lowest BCUT2D eigenvalue weighted by molar-refractivity contribution is 0.414. The van der Waals surface area contributed by atoms with Crippen LogP contribution < -0.4 is 10.1 Å². The van der Waals surface area contributed by atoms with Crippen LogP contribution in [0.5, 0.6) is 5.75 Å². The number of rotatable bonds is 6. The molecule has 0 saturated carbocycles. The summed E-state index contributed by atoms with van der Waals surface area (Å²) in [6.07, 6.45) is 1.00. The zero-order chi connectivity index (χ0) is 13.5. The van der Waals surface area contributed by atoms with Crippen LogP contribution in [0.2, 0.25) is 5.02 Å². The van der Waals surface area contributed by atoms with Gasteiger partial charge in [-0.15, -0.1) is 0 Å². The van der Waals surface area contributed by atoms with E-state index in [0.29, 0.717) is 0 Å². The van der Waals surface area contributed by atoms with Gasteiger partial charge in [-0.25, -0.2) is 0 Å². The van der Waals surface area contributed by atoms with E-state index in [4.69, 9.17) is 16.3 Å². The first-order chi connectivity index (χ1) is 9.28. The molecule has 1 N–H and O–H groups in total. The van der Waals surface area contributed by atoms with Crippen molar-refractivity contribution in [3.05, 3.63) is 64.7 Å². The molecule has 0 saturated heterocycles. The van der Waals surface area contributed by atoms with Crippen molar-refractivity contribution in [2.75, 3.05) is 13.7 Å². The molecule has 0 heterocycles. The lowest BCUT2D eigenvalue weighted by atomic mass is 10.1. The van der Waals surface area contributed by atoms with E-state index in [1.54, 1.807) is 7.11 Å². The maximum Gasteiger partial charge on any atom is 0.118 e. The first kappa shape index (κ1) is 13.9. The molecule has 0 aliphatic rings. The number of hydrogen-bond donors (Lipinski definition) is 1. The average Bonchev–Trinajstić information content (AvgIpc) is 2.44. The Morgan fingerprint density at radius 2 is 1.84 bits per heavy atom. The van der Waals surface area contributed by atoms with Crippen LogP contribution in [0.3, 0.4) is 0 Å². The Kier molecular flexibility index (Phi) is 5.25. The molecule has 0 spiro atoms. The zero-order valence-electron chi connectivity index (χ0n) is 11.0. The molecule has 3 heteroatoms. The minimum Gasteiger partial charge on any atom is -0.497 e. The number of ether oxygens (including phenoxy) is 1. The van der Waals surface area contributed by atoms with Crippen molar-refractivity contribution in [3.8, 4) is 5.75 Å². The predicted octanol–water partition coefficient (Wildman–Crippen LogP) is 3.68. The van der Waals surface area contributed by atoms with Gasteiger partial charge in [-0.3, -0.25) is 0 Å². The van der Waals surface area contributed by atoms with Crippen molar-refractivity contribution < 1.29 is 4.74 Å². The van der Waals surface area contributed by atoms with Crippen LogP contribution in [-0.4, -0.2) is 13.7 Å². The standard InChI is InChI=1S/C16H18ClNO/c1-19-16-7-5-13(6-8-16)9-10-18-12-14-3-2-4-15(17)11-14/h2-8,11,18H,9-10,12H2,1H3. The molecule has 2 aromatic rings. The van der Waals surface area contributed by atoms with E-state index in [9.17, 15) is 0 Å². The summed E-state index contributed by atoms with van der Waals surface area (Å²) in [6.45, 7) is 1.79. The first-order valence-electron chi connectivity index (χ1n) is 6.36. The third-order valence-electron chi connectivity index (χ3n) is 2.97. The molecule has 0 bridgehead atoms. The van der Waals surface area contributed by atoms with Gasteiger partial charge < -0.3 is 10.1 Å². The maximum absolute atomic E-state index is 5.94. The second-order valence-electron chi connectivity index (χ2n) is 4.40. The molecule has 19 heavy (non-hydrogen) atoms. The van der Waals surface area contributed by atoms with E-state index in [2.05, 4.69) is 23.5 Å². The van der Waals surface area contributed by atoms with Crippen LogP contribution in [0.4, 0.5) is 0 Å². The Hall–Kier alpha value is -1.51. The van der Waals surface area contributed by atoms with Crippen molar-refractivity contribution in [2.24, 2.45) is 0 Å². The topological polar surface area (TPSA) is 21.3 Å². The fourth-order valence-corrected chi connectivity index (χ4v) is 2.12. The quantitative estimate of drug-likeness (QED) is 0.812. The fourth-order valence-electron chi connectivity index (χ4n) is 1.90. The summed E-state index contributed by atoms with van der Waals surface area (Å²) in [6, 6.07) is 16.1. The summed E-state index contributed by atoms with van der Waals surface area (Å²) in [7, 11) is 1.68. The fraction of sp³-hybridized carbons (Fsp3) is 0.250. The molecule has 0 unspecified atom stereocenters. The van der Waals surface area contributed by atoms with Crippen LogP contribution in [0.25, 0.3) is 0 Å². The summed E-state index contributed by atoms with van der Waals surface area (Å²) < 4.78 is 5.14. The highest BCUT2D eigenvalue weighted by Gasteiger charge is 1.96.